The minimum absolute atomic E-state index is 0. The third-order valence-corrected chi connectivity index (χ3v) is 5.98. The number of fused-ring (bicyclic) bond motifs is 1. The second kappa shape index (κ2) is 7.69. The highest BCUT2D eigenvalue weighted by molar-refractivity contribution is 7.18. The molecular weight excluding hydrogens is 348 g/mol. The SMILES string of the molecule is C.CC(C)c1ccc(-c2ccc(-c3ccc4nc(C(C)C)[nH]c4c3)s2)cc1. The predicted octanol–water partition coefficient (Wildman–Crippen LogP) is 7.84. The van der Waals surface area contributed by atoms with Crippen LogP contribution in [0.15, 0.2) is 54.6 Å². The highest BCUT2D eigenvalue weighted by atomic mass is 32.1. The molecule has 3 heteroatoms. The van der Waals surface area contributed by atoms with Gasteiger partial charge in [-0.15, -0.1) is 11.3 Å². The Kier molecular flexibility index (Phi) is 5.52. The Hall–Kier alpha value is -2.39. The molecule has 0 fully saturated rings. The molecule has 0 amide bonds. The minimum Gasteiger partial charge on any atom is -0.342 e. The van der Waals surface area contributed by atoms with Crippen LogP contribution in [0.3, 0.4) is 0 Å². The first-order valence-electron chi connectivity index (χ1n) is 9.21. The molecule has 0 saturated heterocycles. The van der Waals surface area contributed by atoms with Gasteiger partial charge in [0.2, 0.25) is 0 Å². The highest BCUT2D eigenvalue weighted by Gasteiger charge is 2.10. The number of benzene rings is 2. The Morgan fingerprint density at radius 2 is 1.41 bits per heavy atom. The topological polar surface area (TPSA) is 28.7 Å². The van der Waals surface area contributed by atoms with Gasteiger partial charge >= 0.3 is 0 Å². The van der Waals surface area contributed by atoms with Gasteiger partial charge in [-0.3, -0.25) is 0 Å². The zero-order valence-corrected chi connectivity index (χ0v) is 16.5. The van der Waals surface area contributed by atoms with Crippen LogP contribution in [0.2, 0.25) is 0 Å². The second-order valence-electron chi connectivity index (χ2n) is 7.45. The summed E-state index contributed by atoms with van der Waals surface area (Å²) in [5.74, 6) is 2.03. The van der Waals surface area contributed by atoms with Crippen LogP contribution in [0.1, 0.15) is 58.3 Å². The number of hydrogen-bond donors (Lipinski definition) is 1. The molecule has 1 N–H and O–H groups in total. The third kappa shape index (κ3) is 3.84. The van der Waals surface area contributed by atoms with Gasteiger partial charge in [0.25, 0.3) is 0 Å². The summed E-state index contributed by atoms with van der Waals surface area (Å²) in [6.45, 7) is 8.78. The van der Waals surface area contributed by atoms with Gasteiger partial charge in [-0.2, -0.15) is 0 Å². The summed E-state index contributed by atoms with van der Waals surface area (Å²) in [6.07, 6.45) is 0. The molecule has 2 nitrogen and oxygen atoms in total. The zero-order valence-electron chi connectivity index (χ0n) is 15.7. The fourth-order valence-corrected chi connectivity index (χ4v) is 4.14. The number of nitrogens with one attached hydrogen (secondary N) is 1. The Labute approximate surface area is 166 Å². The van der Waals surface area contributed by atoms with E-state index in [4.69, 9.17) is 0 Å². The van der Waals surface area contributed by atoms with Crippen molar-refractivity contribution in [1.82, 2.24) is 9.97 Å². The van der Waals surface area contributed by atoms with E-state index in [1.165, 1.54) is 26.4 Å². The summed E-state index contributed by atoms with van der Waals surface area (Å²) >= 11 is 1.84. The fourth-order valence-electron chi connectivity index (χ4n) is 3.14. The normalized spacial score (nSPS) is 11.3. The molecule has 0 radical (unpaired) electrons. The molecule has 2 aromatic carbocycles. The summed E-state index contributed by atoms with van der Waals surface area (Å²) in [7, 11) is 0. The first kappa shape index (κ1) is 19.4. The Balaban J connectivity index is 0.00000210. The predicted molar refractivity (Wildman–Crippen MR) is 120 cm³/mol. The number of H-pyrrole nitrogens is 1. The van der Waals surface area contributed by atoms with Gasteiger partial charge in [-0.1, -0.05) is 65.5 Å². The lowest BCUT2D eigenvalue weighted by Gasteiger charge is -2.05. The molecule has 0 aliphatic heterocycles. The number of rotatable bonds is 4. The van der Waals surface area contributed by atoms with Gasteiger partial charge in [-0.05, 0) is 46.9 Å². The summed E-state index contributed by atoms with van der Waals surface area (Å²) in [6, 6.07) is 19.9. The van der Waals surface area contributed by atoms with E-state index in [0.717, 1.165) is 16.9 Å². The molecular formula is C24H28N2S. The van der Waals surface area contributed by atoms with Crippen LogP contribution < -0.4 is 0 Å². The summed E-state index contributed by atoms with van der Waals surface area (Å²) in [5, 5.41) is 0. The van der Waals surface area contributed by atoms with E-state index < -0.39 is 0 Å². The average Bonchev–Trinajstić information content (AvgIpc) is 3.28. The Bertz CT molecular complexity index is 1040. The number of imidazole rings is 1. The molecule has 0 unspecified atom stereocenters. The van der Waals surface area contributed by atoms with Crippen LogP contribution in [0.25, 0.3) is 31.9 Å². The molecule has 2 heterocycles. The van der Waals surface area contributed by atoms with E-state index in [2.05, 4.69) is 92.3 Å². The second-order valence-corrected chi connectivity index (χ2v) is 8.53. The van der Waals surface area contributed by atoms with Crippen molar-refractivity contribution in [3.8, 4) is 20.9 Å². The molecule has 0 spiro atoms. The third-order valence-electron chi connectivity index (χ3n) is 4.80. The number of thiophene rings is 1. The van der Waals surface area contributed by atoms with E-state index >= 15 is 0 Å². The van der Waals surface area contributed by atoms with Gasteiger partial charge in [0.1, 0.15) is 5.82 Å². The Morgan fingerprint density at radius 1 is 0.778 bits per heavy atom. The lowest BCUT2D eigenvalue weighted by molar-refractivity contribution is 0.799. The largest absolute Gasteiger partial charge is 0.342 e. The van der Waals surface area contributed by atoms with Crippen molar-refractivity contribution >= 4 is 22.4 Å². The van der Waals surface area contributed by atoms with Crippen molar-refractivity contribution in [3.63, 3.8) is 0 Å². The molecule has 2 aromatic heterocycles. The van der Waals surface area contributed by atoms with Crippen molar-refractivity contribution in [2.45, 2.75) is 47.0 Å². The Morgan fingerprint density at radius 3 is 2.04 bits per heavy atom. The van der Waals surface area contributed by atoms with Crippen LogP contribution in [0.4, 0.5) is 0 Å². The van der Waals surface area contributed by atoms with Gasteiger partial charge in [0, 0.05) is 15.7 Å². The maximum Gasteiger partial charge on any atom is 0.109 e. The number of aromatic amines is 1. The van der Waals surface area contributed by atoms with E-state index in [1.54, 1.807) is 0 Å². The van der Waals surface area contributed by atoms with Crippen LogP contribution in [-0.4, -0.2) is 9.97 Å². The molecule has 0 atom stereocenters. The van der Waals surface area contributed by atoms with Gasteiger partial charge < -0.3 is 4.98 Å². The molecule has 27 heavy (non-hydrogen) atoms. The number of nitrogens with zero attached hydrogens (tertiary/aromatic N) is 1. The summed E-state index contributed by atoms with van der Waals surface area (Å²) in [4.78, 5) is 10.7. The number of hydrogen-bond acceptors (Lipinski definition) is 2. The highest BCUT2D eigenvalue weighted by Crippen LogP contribution is 2.36. The van der Waals surface area contributed by atoms with Crippen molar-refractivity contribution in [2.24, 2.45) is 0 Å². The van der Waals surface area contributed by atoms with Crippen molar-refractivity contribution < 1.29 is 0 Å². The molecule has 0 saturated carbocycles. The van der Waals surface area contributed by atoms with Crippen molar-refractivity contribution in [1.29, 1.82) is 0 Å². The van der Waals surface area contributed by atoms with Gasteiger partial charge in [0.05, 0.1) is 11.0 Å². The van der Waals surface area contributed by atoms with E-state index in [1.807, 2.05) is 11.3 Å². The van der Waals surface area contributed by atoms with Crippen molar-refractivity contribution in [2.75, 3.05) is 0 Å². The fraction of sp³-hybridized carbons (Fsp3) is 0.292. The number of aromatic nitrogens is 2. The lowest BCUT2D eigenvalue weighted by atomic mass is 10.0. The molecule has 0 aliphatic rings. The minimum atomic E-state index is 0. The molecule has 4 rings (SSSR count). The molecule has 140 valence electrons. The summed E-state index contributed by atoms with van der Waals surface area (Å²) in [5.41, 5.74) is 6.07. The average molecular weight is 377 g/mol. The standard InChI is InChI=1S/C23H24N2S.CH4/c1-14(2)16-5-7-17(8-6-16)21-11-12-22(26-21)18-9-10-19-20(13-18)25-23(24-19)15(3)4;/h5-15H,1-4H3,(H,24,25);1H4. The van der Waals surface area contributed by atoms with Gasteiger partial charge in [0.15, 0.2) is 0 Å². The maximum absolute atomic E-state index is 4.67. The molecule has 0 aliphatic carbocycles. The van der Waals surface area contributed by atoms with Crippen LogP contribution in [0.5, 0.6) is 0 Å². The van der Waals surface area contributed by atoms with E-state index in [9.17, 15) is 0 Å². The van der Waals surface area contributed by atoms with E-state index in [-0.39, 0.29) is 7.43 Å². The van der Waals surface area contributed by atoms with Crippen molar-refractivity contribution in [3.05, 3.63) is 66.0 Å². The van der Waals surface area contributed by atoms with Crippen LogP contribution in [0, 0.1) is 0 Å². The first-order valence-corrected chi connectivity index (χ1v) is 10.0. The maximum atomic E-state index is 4.67. The lowest BCUT2D eigenvalue weighted by Crippen LogP contribution is -1.88. The van der Waals surface area contributed by atoms with Crippen LogP contribution in [-0.2, 0) is 0 Å². The van der Waals surface area contributed by atoms with Crippen LogP contribution >= 0.6 is 11.3 Å². The quantitative estimate of drug-likeness (QED) is 0.386. The molecule has 0 bridgehead atoms. The monoisotopic (exact) mass is 376 g/mol. The van der Waals surface area contributed by atoms with E-state index in [0.29, 0.717) is 11.8 Å². The van der Waals surface area contributed by atoms with Gasteiger partial charge in [-0.25, -0.2) is 4.98 Å². The first-order chi connectivity index (χ1) is 12.5. The zero-order chi connectivity index (χ0) is 18.3. The summed E-state index contributed by atoms with van der Waals surface area (Å²) < 4.78 is 0. The smallest absolute Gasteiger partial charge is 0.109 e. The molecule has 4 aromatic rings.